The van der Waals surface area contributed by atoms with Gasteiger partial charge in [0.25, 0.3) is 5.91 Å². The molecule has 1 spiro atoms. The van der Waals surface area contributed by atoms with E-state index in [1.807, 2.05) is 29.5 Å². The van der Waals surface area contributed by atoms with E-state index in [0.717, 1.165) is 42.8 Å². The molecule has 2 aliphatic heterocycles. The first-order valence-corrected chi connectivity index (χ1v) is 12.2. The monoisotopic (exact) mass is 452 g/mol. The quantitative estimate of drug-likeness (QED) is 0.661. The average Bonchev–Trinajstić information content (AvgIpc) is 3.52. The predicted octanol–water partition coefficient (Wildman–Crippen LogP) is 2.83. The zero-order valence-corrected chi connectivity index (χ0v) is 18.8. The van der Waals surface area contributed by atoms with Crippen LogP contribution in [0.15, 0.2) is 41.8 Å². The van der Waals surface area contributed by atoms with Gasteiger partial charge < -0.3 is 10.6 Å². The van der Waals surface area contributed by atoms with Gasteiger partial charge in [-0.15, -0.1) is 11.3 Å². The Morgan fingerprint density at radius 1 is 1.16 bits per heavy atom. The molecular weight excluding hydrogens is 424 g/mol. The molecule has 0 bridgehead atoms. The SMILES string of the molecule is O=C(CN1C(=O)NC2(CCCC2)C1=O)NCC(c1ccccc1)N1CCc2sccc2C1. The second-order valence-corrected chi connectivity index (χ2v) is 9.93. The van der Waals surface area contributed by atoms with E-state index in [0.29, 0.717) is 19.4 Å². The number of rotatable bonds is 6. The molecule has 2 fully saturated rings. The minimum atomic E-state index is -0.782. The molecule has 3 heterocycles. The normalized spacial score (nSPS) is 20.9. The maximum Gasteiger partial charge on any atom is 0.325 e. The standard InChI is InChI=1S/C24H28N4O3S/c29-21(16-28-22(30)24(26-23(28)31)10-4-5-11-24)25-14-19(17-6-2-1-3-7-17)27-12-8-20-18(15-27)9-13-32-20/h1-3,6-7,9,13,19H,4-5,8,10-12,14-16H2,(H,25,29)(H,26,31). The molecule has 1 saturated carbocycles. The molecule has 1 saturated heterocycles. The van der Waals surface area contributed by atoms with Crippen molar-refractivity contribution in [2.24, 2.45) is 0 Å². The number of nitrogens with one attached hydrogen (secondary N) is 2. The first-order valence-electron chi connectivity index (χ1n) is 11.3. The van der Waals surface area contributed by atoms with E-state index in [9.17, 15) is 14.4 Å². The fourth-order valence-electron chi connectivity index (χ4n) is 5.22. The zero-order chi connectivity index (χ0) is 22.1. The van der Waals surface area contributed by atoms with Crippen molar-refractivity contribution in [2.45, 2.75) is 50.2 Å². The Balaban J connectivity index is 1.25. The number of benzene rings is 1. The third-order valence-corrected chi connectivity index (χ3v) is 7.98. The average molecular weight is 453 g/mol. The van der Waals surface area contributed by atoms with Crippen LogP contribution in [0, 0.1) is 0 Å². The number of nitrogens with zero attached hydrogens (tertiary/aromatic N) is 2. The third-order valence-electron chi connectivity index (χ3n) is 6.96. The van der Waals surface area contributed by atoms with E-state index in [1.165, 1.54) is 10.4 Å². The molecule has 7 nitrogen and oxygen atoms in total. The van der Waals surface area contributed by atoms with Gasteiger partial charge in [0.15, 0.2) is 0 Å². The molecule has 2 aromatic rings. The Morgan fingerprint density at radius 3 is 2.72 bits per heavy atom. The molecule has 1 aliphatic carbocycles. The molecule has 1 aromatic heterocycles. The van der Waals surface area contributed by atoms with Crippen LogP contribution in [0.3, 0.4) is 0 Å². The fourth-order valence-corrected chi connectivity index (χ4v) is 6.11. The minimum Gasteiger partial charge on any atom is -0.353 e. The molecule has 32 heavy (non-hydrogen) atoms. The number of hydrogen-bond donors (Lipinski definition) is 2. The molecule has 168 valence electrons. The maximum atomic E-state index is 12.8. The summed E-state index contributed by atoms with van der Waals surface area (Å²) in [6.45, 7) is 1.97. The number of amides is 4. The highest BCUT2D eigenvalue weighted by atomic mass is 32.1. The summed E-state index contributed by atoms with van der Waals surface area (Å²) in [7, 11) is 0. The smallest absolute Gasteiger partial charge is 0.325 e. The molecular formula is C24H28N4O3S. The van der Waals surface area contributed by atoms with Gasteiger partial charge in [-0.2, -0.15) is 0 Å². The van der Waals surface area contributed by atoms with Gasteiger partial charge in [-0.3, -0.25) is 19.4 Å². The van der Waals surface area contributed by atoms with Crippen LogP contribution in [0.1, 0.15) is 47.7 Å². The highest BCUT2D eigenvalue weighted by molar-refractivity contribution is 7.10. The van der Waals surface area contributed by atoms with Crippen LogP contribution < -0.4 is 10.6 Å². The molecule has 5 rings (SSSR count). The number of carbonyl (C=O) groups is 3. The number of fused-ring (bicyclic) bond motifs is 1. The number of carbonyl (C=O) groups excluding carboxylic acids is 3. The Labute approximate surface area is 191 Å². The number of imide groups is 1. The van der Waals surface area contributed by atoms with E-state index in [-0.39, 0.29) is 24.4 Å². The molecule has 1 atom stereocenters. The second-order valence-electron chi connectivity index (χ2n) is 8.93. The summed E-state index contributed by atoms with van der Waals surface area (Å²) < 4.78 is 0. The van der Waals surface area contributed by atoms with E-state index in [1.54, 1.807) is 0 Å². The highest BCUT2D eigenvalue weighted by Crippen LogP contribution is 2.35. The second kappa shape index (κ2) is 8.67. The van der Waals surface area contributed by atoms with E-state index >= 15 is 0 Å². The summed E-state index contributed by atoms with van der Waals surface area (Å²) in [4.78, 5) is 42.9. The van der Waals surface area contributed by atoms with Crippen molar-refractivity contribution in [3.8, 4) is 0 Å². The summed E-state index contributed by atoms with van der Waals surface area (Å²) in [5, 5.41) is 7.97. The van der Waals surface area contributed by atoms with Crippen molar-refractivity contribution in [2.75, 3.05) is 19.6 Å². The summed E-state index contributed by atoms with van der Waals surface area (Å²) in [5.74, 6) is -0.562. The Bertz CT molecular complexity index is 1020. The first kappa shape index (κ1) is 21.2. The van der Waals surface area contributed by atoms with Crippen LogP contribution in [0.2, 0.25) is 0 Å². The lowest BCUT2D eigenvalue weighted by atomic mass is 9.98. The van der Waals surface area contributed by atoms with Crippen molar-refractivity contribution in [3.63, 3.8) is 0 Å². The van der Waals surface area contributed by atoms with E-state index in [2.05, 4.69) is 39.1 Å². The Morgan fingerprint density at radius 2 is 1.94 bits per heavy atom. The summed E-state index contributed by atoms with van der Waals surface area (Å²) in [5.41, 5.74) is 1.72. The predicted molar refractivity (Wildman–Crippen MR) is 122 cm³/mol. The molecule has 1 aromatic carbocycles. The molecule has 4 amide bonds. The van der Waals surface area contributed by atoms with Crippen molar-refractivity contribution in [1.82, 2.24) is 20.4 Å². The molecule has 8 heteroatoms. The van der Waals surface area contributed by atoms with Crippen LogP contribution >= 0.6 is 11.3 Å². The lowest BCUT2D eigenvalue weighted by Gasteiger charge is -2.35. The van der Waals surface area contributed by atoms with Crippen LogP contribution in [-0.4, -0.2) is 52.8 Å². The van der Waals surface area contributed by atoms with E-state index < -0.39 is 11.6 Å². The van der Waals surface area contributed by atoms with Crippen molar-refractivity contribution >= 4 is 29.2 Å². The Hall–Kier alpha value is -2.71. The van der Waals surface area contributed by atoms with Gasteiger partial charge in [0, 0.05) is 24.5 Å². The maximum absolute atomic E-state index is 12.8. The topological polar surface area (TPSA) is 81.8 Å². The molecule has 2 N–H and O–H groups in total. The summed E-state index contributed by atoms with van der Waals surface area (Å²) >= 11 is 1.81. The lowest BCUT2D eigenvalue weighted by Crippen LogP contribution is -2.46. The van der Waals surface area contributed by atoms with Gasteiger partial charge in [0.1, 0.15) is 12.1 Å². The number of thiophene rings is 1. The van der Waals surface area contributed by atoms with Crippen LogP contribution in [-0.2, 0) is 22.6 Å². The lowest BCUT2D eigenvalue weighted by molar-refractivity contribution is -0.134. The van der Waals surface area contributed by atoms with E-state index in [4.69, 9.17) is 0 Å². The largest absolute Gasteiger partial charge is 0.353 e. The van der Waals surface area contributed by atoms with Gasteiger partial charge in [0.05, 0.1) is 6.04 Å². The van der Waals surface area contributed by atoms with Crippen LogP contribution in [0.4, 0.5) is 4.79 Å². The highest BCUT2D eigenvalue weighted by Gasteiger charge is 2.52. The van der Waals surface area contributed by atoms with Crippen LogP contribution in [0.25, 0.3) is 0 Å². The molecule has 3 aliphatic rings. The Kier molecular flexibility index (Phi) is 5.73. The van der Waals surface area contributed by atoms with Gasteiger partial charge in [0.2, 0.25) is 5.91 Å². The van der Waals surface area contributed by atoms with Crippen molar-refractivity contribution in [3.05, 3.63) is 57.8 Å². The van der Waals surface area contributed by atoms with Crippen molar-refractivity contribution in [1.29, 1.82) is 0 Å². The molecule has 1 unspecified atom stereocenters. The minimum absolute atomic E-state index is 0.0254. The summed E-state index contributed by atoms with van der Waals surface area (Å²) in [6, 6.07) is 11.9. The van der Waals surface area contributed by atoms with Crippen molar-refractivity contribution < 1.29 is 14.4 Å². The summed E-state index contributed by atoms with van der Waals surface area (Å²) in [6.07, 6.45) is 4.17. The third kappa shape index (κ3) is 3.93. The van der Waals surface area contributed by atoms with Gasteiger partial charge >= 0.3 is 6.03 Å². The number of hydrogen-bond acceptors (Lipinski definition) is 5. The van der Waals surface area contributed by atoms with Gasteiger partial charge in [-0.1, -0.05) is 43.2 Å². The fraction of sp³-hybridized carbons (Fsp3) is 0.458. The van der Waals surface area contributed by atoms with Gasteiger partial charge in [-0.25, -0.2) is 4.79 Å². The zero-order valence-electron chi connectivity index (χ0n) is 18.0. The van der Waals surface area contributed by atoms with Gasteiger partial charge in [-0.05, 0) is 41.8 Å². The number of urea groups is 1. The molecule has 0 radical (unpaired) electrons. The first-order chi connectivity index (χ1) is 15.6. The van der Waals surface area contributed by atoms with Crippen LogP contribution in [0.5, 0.6) is 0 Å².